The highest BCUT2D eigenvalue weighted by Crippen LogP contribution is 2.19. The number of rotatable bonds is 4. The molecule has 0 radical (unpaired) electrons. The molecule has 1 unspecified atom stereocenters. The number of anilines is 1. The van der Waals surface area contributed by atoms with Gasteiger partial charge in [-0.2, -0.15) is 0 Å². The van der Waals surface area contributed by atoms with Crippen LogP contribution in [0.4, 0.5) is 5.69 Å². The summed E-state index contributed by atoms with van der Waals surface area (Å²) in [5.74, 6) is 0.0674. The van der Waals surface area contributed by atoms with E-state index in [-0.39, 0.29) is 30.7 Å². The summed E-state index contributed by atoms with van der Waals surface area (Å²) in [6.07, 6.45) is 2.42. The van der Waals surface area contributed by atoms with Gasteiger partial charge >= 0.3 is 0 Å². The van der Waals surface area contributed by atoms with Gasteiger partial charge in [0, 0.05) is 30.9 Å². The number of hydrogen-bond donors (Lipinski definition) is 1. The predicted molar refractivity (Wildman–Crippen MR) is 97.3 cm³/mol. The smallest absolute Gasteiger partial charge is 0.253 e. The van der Waals surface area contributed by atoms with Gasteiger partial charge in [-0.05, 0) is 50.6 Å². The van der Waals surface area contributed by atoms with Crippen molar-refractivity contribution in [3.63, 3.8) is 0 Å². The lowest BCUT2D eigenvalue weighted by molar-refractivity contribution is 0.0754. The van der Waals surface area contributed by atoms with E-state index in [0.29, 0.717) is 17.3 Å². The second-order valence-corrected chi connectivity index (χ2v) is 5.68. The number of aryl methyl sites for hydroxylation is 1. The van der Waals surface area contributed by atoms with Gasteiger partial charge in [0.15, 0.2) is 0 Å². The van der Waals surface area contributed by atoms with Crippen LogP contribution in [0.2, 0.25) is 0 Å². The molecule has 2 N–H and O–H groups in total. The maximum atomic E-state index is 12.6. The average Bonchev–Trinajstić information content (AvgIpc) is 2.87. The molecule has 1 aromatic carbocycles. The van der Waals surface area contributed by atoms with Crippen LogP contribution in [-0.2, 0) is 0 Å². The van der Waals surface area contributed by atoms with Crippen molar-refractivity contribution >= 4 is 36.4 Å². The van der Waals surface area contributed by atoms with Crippen molar-refractivity contribution in [3.05, 3.63) is 29.3 Å². The molecule has 126 valence electrons. The normalized spacial score (nSPS) is 17.5. The number of halogens is 2. The van der Waals surface area contributed by atoms with E-state index in [9.17, 15) is 4.79 Å². The molecule has 4 nitrogen and oxygen atoms in total. The molecule has 22 heavy (non-hydrogen) atoms. The topological polar surface area (TPSA) is 49.6 Å². The molecule has 1 aliphatic rings. The van der Waals surface area contributed by atoms with Gasteiger partial charge in [-0.25, -0.2) is 0 Å². The standard InChI is InChI=1S/C16H25N3O.2ClH/c1-4-19-9-5-6-14(19)11-18(3)16(20)15-10-13(17)8-7-12(15)2;;/h7-8,10,14H,4-6,9,11,17H2,1-3H3;2*1H. The van der Waals surface area contributed by atoms with Crippen LogP contribution in [0.3, 0.4) is 0 Å². The molecule has 1 heterocycles. The zero-order valence-corrected chi connectivity index (χ0v) is 15.2. The van der Waals surface area contributed by atoms with E-state index in [1.807, 2.05) is 31.0 Å². The zero-order chi connectivity index (χ0) is 14.7. The van der Waals surface area contributed by atoms with Crippen molar-refractivity contribution in [3.8, 4) is 0 Å². The molecule has 1 aliphatic heterocycles. The number of nitrogen functional groups attached to an aromatic ring is 1. The number of amides is 1. The Morgan fingerprint density at radius 3 is 2.73 bits per heavy atom. The maximum Gasteiger partial charge on any atom is 0.253 e. The third-order valence-electron chi connectivity index (χ3n) is 4.23. The lowest BCUT2D eigenvalue weighted by Crippen LogP contribution is -2.41. The van der Waals surface area contributed by atoms with Gasteiger partial charge < -0.3 is 10.6 Å². The predicted octanol–water partition coefficient (Wildman–Crippen LogP) is 2.98. The molecule has 1 atom stereocenters. The molecule has 0 spiro atoms. The van der Waals surface area contributed by atoms with Gasteiger partial charge in [0.05, 0.1) is 0 Å². The lowest BCUT2D eigenvalue weighted by Gasteiger charge is -2.28. The van der Waals surface area contributed by atoms with Gasteiger partial charge in [0.2, 0.25) is 0 Å². The summed E-state index contributed by atoms with van der Waals surface area (Å²) in [5, 5.41) is 0. The summed E-state index contributed by atoms with van der Waals surface area (Å²) in [4.78, 5) is 16.8. The fourth-order valence-electron chi connectivity index (χ4n) is 2.99. The molecular weight excluding hydrogens is 321 g/mol. The van der Waals surface area contributed by atoms with Crippen molar-refractivity contribution in [2.24, 2.45) is 0 Å². The minimum atomic E-state index is 0. The Morgan fingerprint density at radius 1 is 1.41 bits per heavy atom. The highest BCUT2D eigenvalue weighted by Gasteiger charge is 2.26. The molecule has 1 saturated heterocycles. The Bertz CT molecular complexity index is 496. The van der Waals surface area contributed by atoms with Crippen LogP contribution in [0, 0.1) is 6.92 Å². The van der Waals surface area contributed by atoms with Crippen LogP contribution >= 0.6 is 24.8 Å². The lowest BCUT2D eigenvalue weighted by atomic mass is 10.1. The molecule has 0 aromatic heterocycles. The Labute approximate surface area is 145 Å². The minimum absolute atomic E-state index is 0. The van der Waals surface area contributed by atoms with E-state index < -0.39 is 0 Å². The fraction of sp³-hybridized carbons (Fsp3) is 0.562. The second kappa shape index (κ2) is 9.23. The molecule has 6 heteroatoms. The SMILES string of the molecule is CCN1CCCC1CN(C)C(=O)c1cc(N)ccc1C.Cl.Cl. The van der Waals surface area contributed by atoms with Crippen molar-refractivity contribution in [2.45, 2.75) is 32.7 Å². The van der Waals surface area contributed by atoms with Crippen LogP contribution in [0.15, 0.2) is 18.2 Å². The van der Waals surface area contributed by atoms with Gasteiger partial charge in [-0.1, -0.05) is 13.0 Å². The molecule has 2 rings (SSSR count). The molecule has 1 aromatic rings. The number of nitrogens with two attached hydrogens (primary N) is 1. The monoisotopic (exact) mass is 347 g/mol. The van der Waals surface area contributed by atoms with Gasteiger partial charge in [0.1, 0.15) is 0 Å². The van der Waals surface area contributed by atoms with E-state index in [0.717, 1.165) is 25.2 Å². The van der Waals surface area contributed by atoms with Crippen LogP contribution in [0.5, 0.6) is 0 Å². The van der Waals surface area contributed by atoms with E-state index in [2.05, 4.69) is 11.8 Å². The molecule has 1 amide bonds. The summed E-state index contributed by atoms with van der Waals surface area (Å²) in [7, 11) is 1.89. The van der Waals surface area contributed by atoms with Gasteiger partial charge in [-0.15, -0.1) is 24.8 Å². The van der Waals surface area contributed by atoms with Gasteiger partial charge in [-0.3, -0.25) is 9.69 Å². The highest BCUT2D eigenvalue weighted by atomic mass is 35.5. The Kier molecular flexibility index (Phi) is 8.83. The van der Waals surface area contributed by atoms with Crippen LogP contribution < -0.4 is 5.73 Å². The Balaban J connectivity index is 0.00000220. The van der Waals surface area contributed by atoms with E-state index >= 15 is 0 Å². The van der Waals surface area contributed by atoms with Crippen molar-refractivity contribution in [1.29, 1.82) is 0 Å². The Morgan fingerprint density at radius 2 is 2.09 bits per heavy atom. The average molecular weight is 348 g/mol. The first-order valence-corrected chi connectivity index (χ1v) is 7.38. The summed E-state index contributed by atoms with van der Waals surface area (Å²) >= 11 is 0. The molecule has 0 bridgehead atoms. The first-order chi connectivity index (χ1) is 9.52. The number of likely N-dealkylation sites (N-methyl/N-ethyl adjacent to an activating group) is 2. The maximum absolute atomic E-state index is 12.6. The summed E-state index contributed by atoms with van der Waals surface area (Å²) < 4.78 is 0. The Hall–Kier alpha value is -0.970. The van der Waals surface area contributed by atoms with Crippen LogP contribution in [-0.4, -0.2) is 48.4 Å². The van der Waals surface area contributed by atoms with Crippen molar-refractivity contribution < 1.29 is 4.79 Å². The van der Waals surface area contributed by atoms with Crippen LogP contribution in [0.1, 0.15) is 35.7 Å². The minimum Gasteiger partial charge on any atom is -0.399 e. The number of likely N-dealkylation sites (tertiary alicyclic amines) is 1. The number of carbonyl (C=O) groups is 1. The zero-order valence-electron chi connectivity index (χ0n) is 13.5. The van der Waals surface area contributed by atoms with E-state index in [1.54, 1.807) is 6.07 Å². The van der Waals surface area contributed by atoms with Gasteiger partial charge in [0.25, 0.3) is 5.91 Å². The fourth-order valence-corrected chi connectivity index (χ4v) is 2.99. The van der Waals surface area contributed by atoms with Crippen molar-refractivity contribution in [2.75, 3.05) is 32.4 Å². The number of hydrogen-bond acceptors (Lipinski definition) is 3. The quantitative estimate of drug-likeness (QED) is 0.851. The third kappa shape index (κ3) is 4.77. The number of carbonyl (C=O) groups excluding carboxylic acids is 1. The summed E-state index contributed by atoms with van der Waals surface area (Å²) in [6.45, 7) is 7.14. The molecule has 0 saturated carbocycles. The first-order valence-electron chi connectivity index (χ1n) is 7.38. The number of nitrogens with zero attached hydrogens (tertiary/aromatic N) is 2. The summed E-state index contributed by atoms with van der Waals surface area (Å²) in [6, 6.07) is 6.02. The largest absolute Gasteiger partial charge is 0.399 e. The third-order valence-corrected chi connectivity index (χ3v) is 4.23. The number of benzene rings is 1. The van der Waals surface area contributed by atoms with Crippen molar-refractivity contribution in [1.82, 2.24) is 9.80 Å². The van der Waals surface area contributed by atoms with E-state index in [1.165, 1.54) is 12.8 Å². The first kappa shape index (κ1) is 21.0. The highest BCUT2D eigenvalue weighted by molar-refractivity contribution is 5.96. The van der Waals surface area contributed by atoms with Crippen LogP contribution in [0.25, 0.3) is 0 Å². The molecule has 0 aliphatic carbocycles. The summed E-state index contributed by atoms with van der Waals surface area (Å²) in [5.41, 5.74) is 8.13. The second-order valence-electron chi connectivity index (χ2n) is 5.68. The molecule has 1 fully saturated rings. The molecular formula is C16H27Cl2N3O. The van der Waals surface area contributed by atoms with E-state index in [4.69, 9.17) is 5.73 Å².